The number of allylic oxidation sites excluding steroid dienone is 8. The van der Waals surface area contributed by atoms with Gasteiger partial charge in [-0.2, -0.15) is 0 Å². The number of carbonyl (C=O) groups is 2. The summed E-state index contributed by atoms with van der Waals surface area (Å²) in [5, 5.41) is 9.54. The van der Waals surface area contributed by atoms with Crippen molar-refractivity contribution >= 4 is 11.9 Å². The predicted molar refractivity (Wildman–Crippen MR) is 196 cm³/mol. The summed E-state index contributed by atoms with van der Waals surface area (Å²) in [4.78, 5) is 24.2. The summed E-state index contributed by atoms with van der Waals surface area (Å²) in [6, 6.07) is 0. The van der Waals surface area contributed by atoms with Gasteiger partial charge in [-0.15, -0.1) is 0 Å². The number of ether oxygens (including phenoxy) is 2. The highest BCUT2D eigenvalue weighted by Crippen LogP contribution is 2.13. The Bertz CT molecular complexity index is 782. The second kappa shape index (κ2) is 37.3. The molecule has 5 heteroatoms. The van der Waals surface area contributed by atoms with E-state index in [2.05, 4.69) is 62.5 Å². The van der Waals surface area contributed by atoms with Crippen LogP contribution in [0.1, 0.15) is 181 Å². The van der Waals surface area contributed by atoms with E-state index in [9.17, 15) is 14.7 Å². The molecular formula is C41H72O5. The van der Waals surface area contributed by atoms with Crippen LogP contribution in [0.4, 0.5) is 0 Å². The van der Waals surface area contributed by atoms with E-state index in [1.807, 2.05) is 0 Å². The quantitative estimate of drug-likeness (QED) is 0.0429. The van der Waals surface area contributed by atoms with Crippen molar-refractivity contribution < 1.29 is 24.2 Å². The molecule has 0 aliphatic carbocycles. The molecular weight excluding hydrogens is 572 g/mol. The average Bonchev–Trinajstić information content (AvgIpc) is 3.06. The number of hydrogen-bond donors (Lipinski definition) is 1. The van der Waals surface area contributed by atoms with E-state index in [0.29, 0.717) is 12.8 Å². The SMILES string of the molecule is CC/C=C/C/C=C/C/C=C/CCCCCCCC(=O)O[C@@H](CO)COC(=O)CCCCCCCCC/C=C/CCCCCCCC. The first-order chi connectivity index (χ1) is 22.6. The van der Waals surface area contributed by atoms with E-state index in [1.54, 1.807) is 0 Å². The topological polar surface area (TPSA) is 72.8 Å². The minimum Gasteiger partial charge on any atom is -0.462 e. The molecule has 0 bridgehead atoms. The maximum atomic E-state index is 12.1. The van der Waals surface area contributed by atoms with Crippen molar-refractivity contribution in [3.8, 4) is 0 Å². The Kier molecular flexibility index (Phi) is 35.6. The van der Waals surface area contributed by atoms with Crippen LogP contribution in [0.25, 0.3) is 0 Å². The molecule has 1 atom stereocenters. The highest BCUT2D eigenvalue weighted by molar-refractivity contribution is 5.70. The van der Waals surface area contributed by atoms with E-state index >= 15 is 0 Å². The Labute approximate surface area is 284 Å². The van der Waals surface area contributed by atoms with E-state index < -0.39 is 6.10 Å². The molecule has 0 aromatic rings. The van der Waals surface area contributed by atoms with Gasteiger partial charge in [-0.05, 0) is 70.6 Å². The largest absolute Gasteiger partial charge is 0.462 e. The molecule has 0 fully saturated rings. The smallest absolute Gasteiger partial charge is 0.306 e. The van der Waals surface area contributed by atoms with Gasteiger partial charge in [0.15, 0.2) is 6.10 Å². The lowest BCUT2D eigenvalue weighted by Crippen LogP contribution is -2.28. The molecule has 0 spiro atoms. The number of rotatable bonds is 34. The summed E-state index contributed by atoms with van der Waals surface area (Å²) < 4.78 is 10.6. The molecule has 0 aromatic carbocycles. The Balaban J connectivity index is 3.59. The van der Waals surface area contributed by atoms with Gasteiger partial charge >= 0.3 is 11.9 Å². The van der Waals surface area contributed by atoms with Crippen molar-refractivity contribution in [1.29, 1.82) is 0 Å². The average molecular weight is 645 g/mol. The molecule has 0 saturated carbocycles. The molecule has 0 rings (SSSR count). The molecule has 5 nitrogen and oxygen atoms in total. The highest BCUT2D eigenvalue weighted by atomic mass is 16.6. The van der Waals surface area contributed by atoms with Gasteiger partial charge in [0.1, 0.15) is 6.61 Å². The zero-order chi connectivity index (χ0) is 33.6. The summed E-state index contributed by atoms with van der Waals surface area (Å²) in [7, 11) is 0. The third-order valence-corrected chi connectivity index (χ3v) is 8.11. The Morgan fingerprint density at radius 3 is 1.43 bits per heavy atom. The van der Waals surface area contributed by atoms with Gasteiger partial charge in [0, 0.05) is 12.8 Å². The van der Waals surface area contributed by atoms with Gasteiger partial charge in [0.05, 0.1) is 6.61 Å². The van der Waals surface area contributed by atoms with Crippen molar-refractivity contribution in [2.75, 3.05) is 13.2 Å². The van der Waals surface area contributed by atoms with Crippen LogP contribution in [0, 0.1) is 0 Å². The van der Waals surface area contributed by atoms with E-state index in [4.69, 9.17) is 9.47 Å². The molecule has 0 aliphatic rings. The van der Waals surface area contributed by atoms with Crippen LogP contribution >= 0.6 is 0 Å². The molecule has 1 N–H and O–H groups in total. The van der Waals surface area contributed by atoms with Gasteiger partial charge in [-0.25, -0.2) is 0 Å². The fourth-order valence-corrected chi connectivity index (χ4v) is 5.21. The fourth-order valence-electron chi connectivity index (χ4n) is 5.21. The summed E-state index contributed by atoms with van der Waals surface area (Å²) in [6.45, 7) is 4.00. The van der Waals surface area contributed by atoms with Gasteiger partial charge < -0.3 is 14.6 Å². The lowest BCUT2D eigenvalue weighted by molar-refractivity contribution is -0.161. The van der Waals surface area contributed by atoms with Crippen LogP contribution in [0.3, 0.4) is 0 Å². The molecule has 0 aromatic heterocycles. The predicted octanol–water partition coefficient (Wildman–Crippen LogP) is 11.8. The summed E-state index contributed by atoms with van der Waals surface area (Å²) in [5.41, 5.74) is 0. The maximum absolute atomic E-state index is 12.1. The number of aliphatic hydroxyl groups excluding tert-OH is 1. The van der Waals surface area contributed by atoms with E-state index in [1.165, 1.54) is 83.5 Å². The third kappa shape index (κ3) is 34.7. The monoisotopic (exact) mass is 645 g/mol. The first-order valence-electron chi connectivity index (χ1n) is 19.2. The Hall–Kier alpha value is -2.14. The lowest BCUT2D eigenvalue weighted by atomic mass is 10.1. The summed E-state index contributed by atoms with van der Waals surface area (Å²) in [6.07, 6.45) is 45.9. The van der Waals surface area contributed by atoms with Crippen molar-refractivity contribution in [3.05, 3.63) is 48.6 Å². The van der Waals surface area contributed by atoms with Crippen LogP contribution in [0.15, 0.2) is 48.6 Å². The normalized spacial score (nSPS) is 12.7. The number of aliphatic hydroxyl groups is 1. The number of carbonyl (C=O) groups excluding carboxylic acids is 2. The minimum atomic E-state index is -0.781. The molecule has 0 unspecified atom stereocenters. The number of esters is 2. The Morgan fingerprint density at radius 1 is 0.522 bits per heavy atom. The lowest BCUT2D eigenvalue weighted by Gasteiger charge is -2.15. The third-order valence-electron chi connectivity index (χ3n) is 8.11. The van der Waals surface area contributed by atoms with Gasteiger partial charge in [0.25, 0.3) is 0 Å². The molecule has 266 valence electrons. The van der Waals surface area contributed by atoms with Crippen molar-refractivity contribution in [2.24, 2.45) is 0 Å². The molecule has 0 heterocycles. The summed E-state index contributed by atoms with van der Waals surface area (Å²) in [5.74, 6) is -0.617. The standard InChI is InChI=1S/C41H72O5/c1-3-5-7-9-11-13-15-17-19-20-22-23-25-27-29-31-33-35-40(43)45-38-39(37-42)46-41(44)36-34-32-30-28-26-24-21-18-16-14-12-10-8-6-4-2/h6,8,12,14,17-19,21,39,42H,3-5,7,9-11,13,15-16,20,22-38H2,1-2H3/b8-6+,14-12+,19-17+,21-18+/t39-/m0/s1. The molecule has 46 heavy (non-hydrogen) atoms. The number of unbranched alkanes of at least 4 members (excludes halogenated alkanes) is 18. The Morgan fingerprint density at radius 2 is 0.935 bits per heavy atom. The fraction of sp³-hybridized carbons (Fsp3) is 0.756. The summed E-state index contributed by atoms with van der Waals surface area (Å²) >= 11 is 0. The van der Waals surface area contributed by atoms with Crippen molar-refractivity contribution in [1.82, 2.24) is 0 Å². The highest BCUT2D eigenvalue weighted by Gasteiger charge is 2.16. The van der Waals surface area contributed by atoms with Gasteiger partial charge in [-0.3, -0.25) is 9.59 Å². The minimum absolute atomic E-state index is 0.0757. The molecule has 0 amide bonds. The van der Waals surface area contributed by atoms with Crippen LogP contribution in [0.5, 0.6) is 0 Å². The zero-order valence-corrected chi connectivity index (χ0v) is 30.1. The second-order valence-corrected chi connectivity index (χ2v) is 12.6. The van der Waals surface area contributed by atoms with Crippen molar-refractivity contribution in [3.63, 3.8) is 0 Å². The molecule has 0 radical (unpaired) electrons. The first-order valence-corrected chi connectivity index (χ1v) is 19.2. The van der Waals surface area contributed by atoms with E-state index in [-0.39, 0.29) is 25.2 Å². The second-order valence-electron chi connectivity index (χ2n) is 12.6. The first kappa shape index (κ1) is 43.9. The van der Waals surface area contributed by atoms with Crippen LogP contribution in [-0.2, 0) is 19.1 Å². The van der Waals surface area contributed by atoms with Gasteiger partial charge in [-0.1, -0.05) is 146 Å². The van der Waals surface area contributed by atoms with Crippen LogP contribution in [-0.4, -0.2) is 36.4 Å². The van der Waals surface area contributed by atoms with Crippen molar-refractivity contribution in [2.45, 2.75) is 187 Å². The maximum Gasteiger partial charge on any atom is 0.306 e. The van der Waals surface area contributed by atoms with Gasteiger partial charge in [0.2, 0.25) is 0 Å². The molecule has 0 saturated heterocycles. The van der Waals surface area contributed by atoms with Crippen LogP contribution < -0.4 is 0 Å². The zero-order valence-electron chi connectivity index (χ0n) is 30.1. The van der Waals surface area contributed by atoms with E-state index in [0.717, 1.165) is 70.6 Å². The van der Waals surface area contributed by atoms with Crippen LogP contribution in [0.2, 0.25) is 0 Å². The number of hydrogen-bond acceptors (Lipinski definition) is 5. The molecule has 0 aliphatic heterocycles.